The summed E-state index contributed by atoms with van der Waals surface area (Å²) in [5.74, 6) is -0.222. The van der Waals surface area contributed by atoms with E-state index in [0.29, 0.717) is 29.2 Å². The first-order valence-electron chi connectivity index (χ1n) is 8.63. The number of rotatable bonds is 9. The van der Waals surface area contributed by atoms with E-state index >= 15 is 0 Å². The van der Waals surface area contributed by atoms with Crippen molar-refractivity contribution < 1.29 is 28.9 Å². The molecule has 0 spiro atoms. The molecule has 0 aromatic heterocycles. The van der Waals surface area contributed by atoms with Crippen molar-refractivity contribution in [1.82, 2.24) is 5.43 Å². The molecule has 2 N–H and O–H groups in total. The molecular formula is C20H22N2O6. The number of methoxy groups -OCH3 is 1. The maximum Gasteiger partial charge on any atom is 0.338 e. The van der Waals surface area contributed by atoms with Gasteiger partial charge in [-0.15, -0.1) is 0 Å². The van der Waals surface area contributed by atoms with E-state index < -0.39 is 11.9 Å². The normalized spacial score (nSPS) is 10.5. The lowest BCUT2D eigenvalue weighted by Crippen LogP contribution is -2.24. The molecule has 8 nitrogen and oxygen atoms in total. The van der Waals surface area contributed by atoms with Crippen molar-refractivity contribution >= 4 is 18.1 Å². The third-order valence-electron chi connectivity index (χ3n) is 3.54. The average molecular weight is 386 g/mol. The molecule has 148 valence electrons. The average Bonchev–Trinajstić information content (AvgIpc) is 2.72. The van der Waals surface area contributed by atoms with Gasteiger partial charge in [0.1, 0.15) is 5.75 Å². The molecule has 2 rings (SSSR count). The highest BCUT2D eigenvalue weighted by Crippen LogP contribution is 2.27. The number of carbonyl (C=O) groups is 2. The lowest BCUT2D eigenvalue weighted by Gasteiger charge is -2.07. The van der Waals surface area contributed by atoms with Crippen molar-refractivity contribution in [3.63, 3.8) is 0 Å². The number of carbonyl (C=O) groups excluding carboxylic acids is 2. The molecule has 0 aliphatic rings. The molecule has 1 amide bonds. The van der Waals surface area contributed by atoms with E-state index in [9.17, 15) is 14.7 Å². The van der Waals surface area contributed by atoms with Gasteiger partial charge in [-0.2, -0.15) is 5.10 Å². The number of benzene rings is 2. The summed E-state index contributed by atoms with van der Waals surface area (Å²) in [4.78, 5) is 23.5. The van der Waals surface area contributed by atoms with Crippen LogP contribution in [0.2, 0.25) is 0 Å². The molecule has 0 aliphatic heterocycles. The van der Waals surface area contributed by atoms with Crippen LogP contribution in [0.4, 0.5) is 0 Å². The second kappa shape index (κ2) is 10.6. The fourth-order valence-electron chi connectivity index (χ4n) is 2.13. The largest absolute Gasteiger partial charge is 0.504 e. The summed E-state index contributed by atoms with van der Waals surface area (Å²) >= 11 is 0. The zero-order chi connectivity index (χ0) is 20.4. The van der Waals surface area contributed by atoms with Crippen molar-refractivity contribution in [2.24, 2.45) is 5.10 Å². The van der Waals surface area contributed by atoms with E-state index in [0.717, 1.165) is 6.42 Å². The Morgan fingerprint density at radius 1 is 1.18 bits per heavy atom. The van der Waals surface area contributed by atoms with E-state index in [1.807, 2.05) is 6.92 Å². The molecule has 2 aromatic rings. The van der Waals surface area contributed by atoms with Gasteiger partial charge in [-0.1, -0.05) is 13.0 Å². The number of hydrogen-bond acceptors (Lipinski definition) is 7. The quantitative estimate of drug-likeness (QED) is 0.390. The van der Waals surface area contributed by atoms with Crippen LogP contribution in [0.15, 0.2) is 47.6 Å². The zero-order valence-electron chi connectivity index (χ0n) is 15.7. The van der Waals surface area contributed by atoms with Crippen LogP contribution in [-0.2, 0) is 9.53 Å². The van der Waals surface area contributed by atoms with Crippen LogP contribution >= 0.6 is 0 Å². The number of ether oxygens (including phenoxy) is 3. The number of phenols is 1. The van der Waals surface area contributed by atoms with Gasteiger partial charge in [0.25, 0.3) is 5.91 Å². The Labute approximate surface area is 162 Å². The van der Waals surface area contributed by atoms with Crippen LogP contribution in [0.5, 0.6) is 17.2 Å². The third kappa shape index (κ3) is 6.01. The van der Waals surface area contributed by atoms with Crippen LogP contribution in [-0.4, -0.2) is 43.5 Å². The first-order valence-corrected chi connectivity index (χ1v) is 8.63. The number of hydrogen-bond donors (Lipinski definition) is 2. The molecule has 0 saturated carbocycles. The summed E-state index contributed by atoms with van der Waals surface area (Å²) in [6.45, 7) is 2.02. The highest BCUT2D eigenvalue weighted by Gasteiger charge is 2.08. The molecule has 0 radical (unpaired) electrons. The Morgan fingerprint density at radius 2 is 1.93 bits per heavy atom. The molecule has 0 aliphatic carbocycles. The fourth-order valence-corrected chi connectivity index (χ4v) is 2.13. The van der Waals surface area contributed by atoms with Gasteiger partial charge in [0, 0.05) is 5.56 Å². The minimum Gasteiger partial charge on any atom is -0.504 e. The van der Waals surface area contributed by atoms with Crippen molar-refractivity contribution in [2.45, 2.75) is 13.3 Å². The van der Waals surface area contributed by atoms with Gasteiger partial charge in [-0.3, -0.25) is 4.79 Å². The van der Waals surface area contributed by atoms with Crippen LogP contribution in [0, 0.1) is 0 Å². The number of esters is 1. The predicted molar refractivity (Wildman–Crippen MR) is 103 cm³/mol. The SMILES string of the molecule is CCCOC(=O)c1ccc(OCC(=O)N/N=C/c2cccc(OC)c2O)cc1. The Morgan fingerprint density at radius 3 is 2.61 bits per heavy atom. The van der Waals surface area contributed by atoms with Gasteiger partial charge in [0.05, 0.1) is 25.5 Å². The lowest BCUT2D eigenvalue weighted by atomic mass is 10.2. The summed E-state index contributed by atoms with van der Waals surface area (Å²) in [6.07, 6.45) is 2.05. The summed E-state index contributed by atoms with van der Waals surface area (Å²) in [5, 5.41) is 13.7. The Kier molecular flexibility index (Phi) is 7.83. The van der Waals surface area contributed by atoms with E-state index in [1.165, 1.54) is 13.3 Å². The van der Waals surface area contributed by atoms with Gasteiger partial charge in [0.15, 0.2) is 18.1 Å². The second-order valence-corrected chi connectivity index (χ2v) is 5.64. The summed E-state index contributed by atoms with van der Waals surface area (Å²) in [6, 6.07) is 11.2. The fraction of sp³-hybridized carbons (Fsp3) is 0.250. The van der Waals surface area contributed by atoms with Gasteiger partial charge in [-0.05, 0) is 42.8 Å². The molecule has 0 atom stereocenters. The number of aromatic hydroxyl groups is 1. The number of para-hydroxylation sites is 1. The Bertz CT molecular complexity index is 833. The van der Waals surface area contributed by atoms with Gasteiger partial charge in [0.2, 0.25) is 0 Å². The molecule has 0 bridgehead atoms. The van der Waals surface area contributed by atoms with Crippen molar-refractivity contribution in [2.75, 3.05) is 20.3 Å². The van der Waals surface area contributed by atoms with Crippen molar-refractivity contribution in [1.29, 1.82) is 0 Å². The van der Waals surface area contributed by atoms with Crippen molar-refractivity contribution in [3.05, 3.63) is 53.6 Å². The molecule has 2 aromatic carbocycles. The van der Waals surface area contributed by atoms with E-state index in [-0.39, 0.29) is 12.4 Å². The van der Waals surface area contributed by atoms with E-state index in [4.69, 9.17) is 14.2 Å². The second-order valence-electron chi connectivity index (χ2n) is 5.64. The highest BCUT2D eigenvalue weighted by atomic mass is 16.5. The maximum atomic E-state index is 11.8. The standard InChI is InChI=1S/C20H22N2O6/c1-3-11-27-20(25)14-7-9-16(10-8-14)28-13-18(23)22-21-12-15-5-4-6-17(26-2)19(15)24/h4-10,12,24H,3,11,13H2,1-2H3,(H,22,23)/b21-12+. The van der Waals surface area contributed by atoms with E-state index in [1.54, 1.807) is 42.5 Å². The highest BCUT2D eigenvalue weighted by molar-refractivity contribution is 5.89. The van der Waals surface area contributed by atoms with Gasteiger partial charge < -0.3 is 19.3 Å². The number of nitrogens with one attached hydrogen (secondary N) is 1. The zero-order valence-corrected chi connectivity index (χ0v) is 15.7. The topological polar surface area (TPSA) is 106 Å². The smallest absolute Gasteiger partial charge is 0.338 e. The Balaban J connectivity index is 1.82. The van der Waals surface area contributed by atoms with Gasteiger partial charge >= 0.3 is 5.97 Å². The first kappa shape index (κ1) is 20.8. The van der Waals surface area contributed by atoms with E-state index in [2.05, 4.69) is 10.5 Å². The summed E-state index contributed by atoms with van der Waals surface area (Å²) in [7, 11) is 1.44. The molecule has 28 heavy (non-hydrogen) atoms. The number of nitrogens with zero attached hydrogens (tertiary/aromatic N) is 1. The lowest BCUT2D eigenvalue weighted by molar-refractivity contribution is -0.123. The molecule has 0 saturated heterocycles. The van der Waals surface area contributed by atoms with Crippen LogP contribution < -0.4 is 14.9 Å². The van der Waals surface area contributed by atoms with Crippen molar-refractivity contribution in [3.8, 4) is 17.2 Å². The minimum absolute atomic E-state index is 0.0724. The number of amides is 1. The minimum atomic E-state index is -0.481. The van der Waals surface area contributed by atoms with Gasteiger partial charge in [-0.25, -0.2) is 10.2 Å². The van der Waals surface area contributed by atoms with Crippen LogP contribution in [0.25, 0.3) is 0 Å². The summed E-state index contributed by atoms with van der Waals surface area (Å²) in [5.41, 5.74) is 3.10. The molecule has 8 heteroatoms. The molecule has 0 unspecified atom stereocenters. The summed E-state index contributed by atoms with van der Waals surface area (Å²) < 4.78 is 15.4. The first-order chi connectivity index (χ1) is 13.5. The monoisotopic (exact) mass is 386 g/mol. The van der Waals surface area contributed by atoms with Crippen LogP contribution in [0.3, 0.4) is 0 Å². The maximum absolute atomic E-state index is 11.8. The number of phenolic OH excluding ortho intramolecular Hbond substituents is 1. The molecular weight excluding hydrogens is 364 g/mol. The third-order valence-corrected chi connectivity index (χ3v) is 3.54. The predicted octanol–water partition coefficient (Wildman–Crippen LogP) is 2.50. The molecule has 0 heterocycles. The number of hydrazone groups is 1. The Hall–Kier alpha value is -3.55. The molecule has 0 fully saturated rings. The van der Waals surface area contributed by atoms with Crippen LogP contribution in [0.1, 0.15) is 29.3 Å².